The molecule has 3 aliphatic rings. The number of ether oxygens (including phenoxy) is 1. The van der Waals surface area contributed by atoms with Crippen LogP contribution in [0.5, 0.6) is 0 Å². The van der Waals surface area contributed by atoms with Crippen molar-refractivity contribution >= 4 is 31.4 Å². The number of aliphatic hydroxyl groups is 1. The summed E-state index contributed by atoms with van der Waals surface area (Å²) >= 11 is 0. The van der Waals surface area contributed by atoms with Crippen molar-refractivity contribution in [3.8, 4) is 0 Å². The predicted octanol–water partition coefficient (Wildman–Crippen LogP) is 4.46. The lowest BCUT2D eigenvalue weighted by Crippen LogP contribution is -2.54. The molecule has 2 heterocycles. The number of nitrogens with one attached hydrogen (secondary N) is 3. The van der Waals surface area contributed by atoms with Gasteiger partial charge in [-0.05, 0) is 83.5 Å². The fourth-order valence-electron chi connectivity index (χ4n) is 7.34. The Kier molecular flexibility index (Phi) is 15.0. The maximum Gasteiger partial charge on any atom is 0.408 e. The van der Waals surface area contributed by atoms with Gasteiger partial charge in [-0.2, -0.15) is 0 Å². The van der Waals surface area contributed by atoms with Gasteiger partial charge in [-0.25, -0.2) is 4.79 Å². The summed E-state index contributed by atoms with van der Waals surface area (Å²) < 4.78 is 30.3. The first-order valence-electron chi connectivity index (χ1n) is 17.7. The number of likely N-dealkylation sites (tertiary alicyclic amines) is 1. The van der Waals surface area contributed by atoms with Crippen LogP contribution in [0.3, 0.4) is 0 Å². The second kappa shape index (κ2) is 18.0. The van der Waals surface area contributed by atoms with Crippen molar-refractivity contribution in [3.63, 3.8) is 0 Å². The van der Waals surface area contributed by atoms with Crippen LogP contribution < -0.4 is 16.0 Å². The van der Waals surface area contributed by atoms with Crippen molar-refractivity contribution in [1.82, 2.24) is 20.9 Å². The Balaban J connectivity index is 1.75. The molecule has 4 atom stereocenters. The number of hydrogen-bond donors (Lipinski definition) is 4. The van der Waals surface area contributed by atoms with Crippen LogP contribution in [0.15, 0.2) is 0 Å². The Morgan fingerprint density at radius 1 is 1.04 bits per heavy atom. The smallest absolute Gasteiger partial charge is 0.408 e. The van der Waals surface area contributed by atoms with Gasteiger partial charge in [-0.1, -0.05) is 33.6 Å². The summed E-state index contributed by atoms with van der Waals surface area (Å²) in [5, 5.41) is 20.1. The number of nitrogens with zero attached hydrogens (tertiary/aromatic N) is 1. The number of carbonyl (C=O) groups is 4. The van der Waals surface area contributed by atoms with Gasteiger partial charge in [-0.15, -0.1) is 0 Å². The lowest BCUT2D eigenvalue weighted by Gasteiger charge is -2.39. The highest BCUT2D eigenvalue weighted by Crippen LogP contribution is 2.54. The largest absolute Gasteiger partial charge is 0.446 e. The number of hydrogen-bond acceptors (Lipinski definition) is 9. The van der Waals surface area contributed by atoms with Gasteiger partial charge in [0.15, 0.2) is 5.85 Å². The molecule has 0 aromatic carbocycles. The third-order valence-electron chi connectivity index (χ3n) is 9.81. The standard InChI is InChI=1S/C33H59N4O9P/c1-7-10-24-11-13-26(14-12-24)46-32(42)35-27(19-22(4)5)30(40)34-28(31(41)47(43,44-8-2)45-9-3)20-25-21-33(36-29(25)39)15-17-37(18-16-33)23(6)38/h22,24-28,31,41H,7-21H2,1-6H3,(H,34,40)(H,35,42)(H,36,39)/t24?,25?,26?,27-,28?,31?/m0/s1. The van der Waals surface area contributed by atoms with E-state index in [1.165, 1.54) is 13.3 Å². The first kappa shape index (κ1) is 39.2. The first-order valence-corrected chi connectivity index (χ1v) is 19.3. The van der Waals surface area contributed by atoms with Gasteiger partial charge in [0.2, 0.25) is 17.7 Å². The highest BCUT2D eigenvalue weighted by molar-refractivity contribution is 7.54. The third kappa shape index (κ3) is 11.2. The van der Waals surface area contributed by atoms with Crippen LogP contribution in [0.4, 0.5) is 4.79 Å². The molecule has 3 unspecified atom stereocenters. The normalized spacial score (nSPS) is 24.8. The Morgan fingerprint density at radius 3 is 2.19 bits per heavy atom. The SMILES string of the molecule is CCCC1CCC(OC(=O)N[C@@H](CC(C)C)C(=O)NC(CC2CC3(CCN(C(C)=O)CC3)NC2=O)C(O)P(=O)(OCC)OCC)CC1. The van der Waals surface area contributed by atoms with E-state index >= 15 is 0 Å². The molecule has 4 amide bonds. The van der Waals surface area contributed by atoms with Crippen LogP contribution in [0.1, 0.15) is 112 Å². The molecule has 0 aromatic rings. The van der Waals surface area contributed by atoms with E-state index in [4.69, 9.17) is 13.8 Å². The summed E-state index contributed by atoms with van der Waals surface area (Å²) in [4.78, 5) is 53.7. The maximum absolute atomic E-state index is 13.8. The molecule has 0 radical (unpaired) electrons. The van der Waals surface area contributed by atoms with E-state index in [1.54, 1.807) is 18.7 Å². The van der Waals surface area contributed by atoms with Crippen molar-refractivity contribution in [2.75, 3.05) is 26.3 Å². The summed E-state index contributed by atoms with van der Waals surface area (Å²) in [5.74, 6) is -2.53. The van der Waals surface area contributed by atoms with Crippen molar-refractivity contribution in [3.05, 3.63) is 0 Å². The molecule has 2 saturated heterocycles. The molecule has 3 rings (SSSR count). The fraction of sp³-hybridized carbons (Fsp3) is 0.879. The van der Waals surface area contributed by atoms with Crippen LogP contribution in [0.2, 0.25) is 0 Å². The predicted molar refractivity (Wildman–Crippen MR) is 177 cm³/mol. The summed E-state index contributed by atoms with van der Waals surface area (Å²) in [6.07, 6.45) is 6.89. The molecule has 1 aliphatic carbocycles. The lowest BCUT2D eigenvalue weighted by atomic mass is 9.82. The minimum Gasteiger partial charge on any atom is -0.446 e. The van der Waals surface area contributed by atoms with Gasteiger partial charge >= 0.3 is 13.7 Å². The lowest BCUT2D eigenvalue weighted by molar-refractivity contribution is -0.130. The highest BCUT2D eigenvalue weighted by atomic mass is 31.2. The van der Waals surface area contributed by atoms with Crippen molar-refractivity contribution in [2.24, 2.45) is 17.8 Å². The Bertz CT molecular complexity index is 1100. The van der Waals surface area contributed by atoms with Crippen LogP contribution in [-0.4, -0.2) is 89.7 Å². The number of rotatable bonds is 16. The second-order valence-electron chi connectivity index (χ2n) is 14.0. The van der Waals surface area contributed by atoms with Crippen molar-refractivity contribution in [2.45, 2.75) is 142 Å². The average Bonchev–Trinajstić information content (AvgIpc) is 3.30. The van der Waals surface area contributed by atoms with E-state index in [0.717, 1.165) is 32.1 Å². The number of piperidine rings is 1. The Morgan fingerprint density at radius 2 is 1.66 bits per heavy atom. The van der Waals surface area contributed by atoms with Gasteiger partial charge in [0.25, 0.3) is 0 Å². The number of amides is 4. The monoisotopic (exact) mass is 686 g/mol. The highest BCUT2D eigenvalue weighted by Gasteiger charge is 2.49. The van der Waals surface area contributed by atoms with Crippen LogP contribution in [-0.2, 0) is 32.7 Å². The zero-order chi connectivity index (χ0) is 34.8. The van der Waals surface area contributed by atoms with Crippen LogP contribution >= 0.6 is 7.60 Å². The molecule has 1 spiro atoms. The number of aliphatic hydroxyl groups excluding tert-OH is 1. The minimum atomic E-state index is -4.13. The third-order valence-corrected chi connectivity index (χ3v) is 12.1. The molecular weight excluding hydrogens is 627 g/mol. The van der Waals surface area contributed by atoms with Gasteiger partial charge in [0, 0.05) is 31.5 Å². The van der Waals surface area contributed by atoms with E-state index in [1.807, 2.05) is 13.8 Å². The van der Waals surface area contributed by atoms with Crippen molar-refractivity contribution in [1.29, 1.82) is 0 Å². The first-order chi connectivity index (χ1) is 22.2. The Labute approximate surface area is 280 Å². The average molecular weight is 687 g/mol. The summed E-state index contributed by atoms with van der Waals surface area (Å²) in [5.41, 5.74) is -0.502. The van der Waals surface area contributed by atoms with Gasteiger partial charge in [0.05, 0.1) is 19.3 Å². The zero-order valence-corrected chi connectivity index (χ0v) is 30.2. The quantitative estimate of drug-likeness (QED) is 0.171. The Hall–Kier alpha value is -2.21. The molecule has 13 nitrogen and oxygen atoms in total. The topological polar surface area (TPSA) is 173 Å². The van der Waals surface area contributed by atoms with E-state index in [0.29, 0.717) is 44.7 Å². The van der Waals surface area contributed by atoms with Crippen LogP contribution in [0.25, 0.3) is 0 Å². The summed E-state index contributed by atoms with van der Waals surface area (Å²) in [6, 6.07) is -2.18. The molecule has 14 heteroatoms. The van der Waals surface area contributed by atoms with Crippen molar-refractivity contribution < 1.29 is 42.6 Å². The van der Waals surface area contributed by atoms with E-state index in [-0.39, 0.29) is 43.5 Å². The molecule has 47 heavy (non-hydrogen) atoms. The molecule has 0 aromatic heterocycles. The molecule has 1 saturated carbocycles. The molecule has 3 fully saturated rings. The fourth-order valence-corrected chi connectivity index (χ4v) is 9.08. The van der Waals surface area contributed by atoms with Gasteiger partial charge < -0.3 is 39.7 Å². The van der Waals surface area contributed by atoms with E-state index in [9.17, 15) is 28.8 Å². The zero-order valence-electron chi connectivity index (χ0n) is 29.3. The molecule has 2 aliphatic heterocycles. The second-order valence-corrected chi connectivity index (χ2v) is 16.1. The molecule has 270 valence electrons. The van der Waals surface area contributed by atoms with E-state index < -0.39 is 49.0 Å². The maximum atomic E-state index is 13.8. The van der Waals surface area contributed by atoms with E-state index in [2.05, 4.69) is 22.9 Å². The molecule has 4 N–H and O–H groups in total. The summed E-state index contributed by atoms with van der Waals surface area (Å²) in [6.45, 7) is 11.8. The van der Waals surface area contributed by atoms with Gasteiger partial charge in [0.1, 0.15) is 12.1 Å². The number of alkyl carbamates (subject to hydrolysis) is 1. The van der Waals surface area contributed by atoms with Gasteiger partial charge in [-0.3, -0.25) is 18.9 Å². The minimum absolute atomic E-state index is 0.00158. The molecule has 0 bridgehead atoms. The summed E-state index contributed by atoms with van der Waals surface area (Å²) in [7, 11) is -4.13. The number of carbonyl (C=O) groups excluding carboxylic acids is 4. The van der Waals surface area contributed by atoms with Crippen LogP contribution in [0, 0.1) is 17.8 Å². The molecular formula is C33H59N4O9P.